The van der Waals surface area contributed by atoms with Gasteiger partial charge in [-0.25, -0.2) is 18.2 Å². The molecular formula is C19H20ClNO5S. The van der Waals surface area contributed by atoms with E-state index in [1.807, 2.05) is 0 Å². The van der Waals surface area contributed by atoms with Crippen molar-refractivity contribution < 1.29 is 23.1 Å². The van der Waals surface area contributed by atoms with E-state index < -0.39 is 15.8 Å². The molecule has 2 aromatic rings. The van der Waals surface area contributed by atoms with Crippen LogP contribution in [-0.2, 0) is 19.4 Å². The van der Waals surface area contributed by atoms with Gasteiger partial charge in [0.2, 0.25) is 0 Å². The van der Waals surface area contributed by atoms with Crippen LogP contribution in [0.2, 0.25) is 5.15 Å². The Labute approximate surface area is 163 Å². The van der Waals surface area contributed by atoms with E-state index in [9.17, 15) is 18.3 Å². The average molecular weight is 410 g/mol. The van der Waals surface area contributed by atoms with Crippen LogP contribution in [0.1, 0.15) is 24.5 Å². The summed E-state index contributed by atoms with van der Waals surface area (Å²) in [6, 6.07) is 9.44. The number of aliphatic hydroxyl groups is 1. The Balaban J connectivity index is 2.70. The van der Waals surface area contributed by atoms with E-state index in [-0.39, 0.29) is 30.1 Å². The molecule has 0 saturated heterocycles. The summed E-state index contributed by atoms with van der Waals surface area (Å²) < 4.78 is 28.5. The Bertz CT molecular complexity index is 935. The van der Waals surface area contributed by atoms with E-state index in [4.69, 9.17) is 16.3 Å². The minimum Gasteiger partial charge on any atom is -0.463 e. The molecule has 0 aliphatic heterocycles. The molecule has 0 unspecified atom stereocenters. The number of rotatable bonds is 7. The minimum absolute atomic E-state index is 0.0740. The standard InChI is InChI=1S/C19H20ClNO5S/c1-3-26-19(23)16(10-11-22)18(14-6-9-17(20)21-12-14)13-4-7-15(8-5-13)27(2,24)25/h4-9,12,22H,3,10-11H2,1-2H3/b18-16+. The topological polar surface area (TPSA) is 93.6 Å². The highest BCUT2D eigenvalue weighted by atomic mass is 35.5. The summed E-state index contributed by atoms with van der Waals surface area (Å²) in [7, 11) is -3.35. The van der Waals surface area contributed by atoms with Gasteiger partial charge in [-0.1, -0.05) is 23.7 Å². The van der Waals surface area contributed by atoms with Crippen LogP contribution >= 0.6 is 11.6 Å². The predicted molar refractivity (Wildman–Crippen MR) is 103 cm³/mol. The van der Waals surface area contributed by atoms with Gasteiger partial charge < -0.3 is 9.84 Å². The number of carbonyl (C=O) groups excluding carboxylic acids is 1. The Morgan fingerprint density at radius 3 is 2.26 bits per heavy atom. The number of aliphatic hydroxyl groups excluding tert-OH is 1. The van der Waals surface area contributed by atoms with Crippen molar-refractivity contribution in [3.8, 4) is 0 Å². The quantitative estimate of drug-likeness (QED) is 0.429. The maximum atomic E-state index is 12.5. The van der Waals surface area contributed by atoms with E-state index in [1.165, 1.54) is 18.3 Å². The van der Waals surface area contributed by atoms with Crippen LogP contribution in [0.25, 0.3) is 5.57 Å². The largest absolute Gasteiger partial charge is 0.463 e. The zero-order valence-electron chi connectivity index (χ0n) is 15.0. The van der Waals surface area contributed by atoms with Crippen molar-refractivity contribution in [3.63, 3.8) is 0 Å². The number of sulfone groups is 1. The van der Waals surface area contributed by atoms with E-state index in [2.05, 4.69) is 4.98 Å². The highest BCUT2D eigenvalue weighted by molar-refractivity contribution is 7.90. The summed E-state index contributed by atoms with van der Waals surface area (Å²) in [6.45, 7) is 1.63. The second-order valence-corrected chi connectivity index (χ2v) is 8.12. The van der Waals surface area contributed by atoms with Gasteiger partial charge in [0.15, 0.2) is 9.84 Å². The number of carbonyl (C=O) groups is 1. The summed E-state index contributed by atoms with van der Waals surface area (Å²) in [6.07, 6.45) is 2.71. The van der Waals surface area contributed by atoms with Crippen molar-refractivity contribution in [2.45, 2.75) is 18.2 Å². The first-order valence-electron chi connectivity index (χ1n) is 8.21. The Morgan fingerprint density at radius 2 is 1.78 bits per heavy atom. The van der Waals surface area contributed by atoms with Gasteiger partial charge in [0.1, 0.15) is 5.15 Å². The molecule has 0 radical (unpaired) electrons. The molecule has 1 aromatic carbocycles. The molecule has 8 heteroatoms. The number of halogens is 1. The normalized spacial score (nSPS) is 12.4. The Hall–Kier alpha value is -2.22. The first kappa shape index (κ1) is 21.1. The fourth-order valence-corrected chi connectivity index (χ4v) is 3.31. The molecule has 27 heavy (non-hydrogen) atoms. The molecule has 1 heterocycles. The van der Waals surface area contributed by atoms with Crippen LogP contribution in [0.3, 0.4) is 0 Å². The molecular weight excluding hydrogens is 390 g/mol. The van der Waals surface area contributed by atoms with Gasteiger partial charge in [0.25, 0.3) is 0 Å². The molecule has 0 fully saturated rings. The highest BCUT2D eigenvalue weighted by Gasteiger charge is 2.20. The molecule has 0 aliphatic carbocycles. The number of pyridine rings is 1. The number of aromatic nitrogens is 1. The average Bonchev–Trinajstić information content (AvgIpc) is 2.62. The molecule has 0 amide bonds. The van der Waals surface area contributed by atoms with Gasteiger partial charge in [-0.05, 0) is 36.8 Å². The SMILES string of the molecule is CCOC(=O)/C(CCO)=C(\c1ccc(S(C)(=O)=O)cc1)c1ccc(Cl)nc1. The second kappa shape index (κ2) is 9.12. The first-order valence-corrected chi connectivity index (χ1v) is 10.5. The maximum Gasteiger partial charge on any atom is 0.334 e. The zero-order valence-corrected chi connectivity index (χ0v) is 16.5. The van der Waals surface area contributed by atoms with Crippen LogP contribution in [0.15, 0.2) is 53.1 Å². The molecule has 1 N–H and O–H groups in total. The molecule has 0 atom stereocenters. The van der Waals surface area contributed by atoms with Gasteiger partial charge in [0, 0.05) is 42.2 Å². The van der Waals surface area contributed by atoms with Gasteiger partial charge in [0.05, 0.1) is 11.5 Å². The lowest BCUT2D eigenvalue weighted by atomic mass is 9.92. The summed E-state index contributed by atoms with van der Waals surface area (Å²) in [5.74, 6) is -0.552. The third kappa shape index (κ3) is 5.38. The van der Waals surface area contributed by atoms with Crippen molar-refractivity contribution >= 4 is 33.0 Å². The Morgan fingerprint density at radius 1 is 1.15 bits per heavy atom. The van der Waals surface area contributed by atoms with Gasteiger partial charge in [-0.15, -0.1) is 0 Å². The van der Waals surface area contributed by atoms with Crippen LogP contribution in [0, 0.1) is 0 Å². The van der Waals surface area contributed by atoms with Crippen LogP contribution in [0.4, 0.5) is 0 Å². The van der Waals surface area contributed by atoms with E-state index >= 15 is 0 Å². The monoisotopic (exact) mass is 409 g/mol. The molecule has 6 nitrogen and oxygen atoms in total. The maximum absolute atomic E-state index is 12.5. The second-order valence-electron chi connectivity index (χ2n) is 5.71. The van der Waals surface area contributed by atoms with Crippen LogP contribution < -0.4 is 0 Å². The lowest BCUT2D eigenvalue weighted by molar-refractivity contribution is -0.138. The number of hydrogen-bond acceptors (Lipinski definition) is 6. The molecule has 1 aromatic heterocycles. The molecule has 0 saturated carbocycles. The lowest BCUT2D eigenvalue weighted by Gasteiger charge is -2.15. The summed E-state index contributed by atoms with van der Waals surface area (Å²) in [4.78, 5) is 16.7. The minimum atomic E-state index is -3.35. The third-order valence-electron chi connectivity index (χ3n) is 3.77. The van der Waals surface area contributed by atoms with Crippen molar-refractivity contribution in [1.29, 1.82) is 0 Å². The number of ether oxygens (including phenoxy) is 1. The fourth-order valence-electron chi connectivity index (χ4n) is 2.57. The smallest absolute Gasteiger partial charge is 0.334 e. The van der Waals surface area contributed by atoms with Crippen molar-refractivity contribution in [2.24, 2.45) is 0 Å². The number of hydrogen-bond donors (Lipinski definition) is 1. The molecule has 144 valence electrons. The fraction of sp³-hybridized carbons (Fsp3) is 0.263. The predicted octanol–water partition coefficient (Wildman–Crippen LogP) is 2.89. The van der Waals surface area contributed by atoms with Crippen molar-refractivity contribution in [2.75, 3.05) is 19.5 Å². The summed E-state index contributed by atoms with van der Waals surface area (Å²) in [5.41, 5.74) is 1.98. The number of nitrogens with zero attached hydrogens (tertiary/aromatic N) is 1. The van der Waals surface area contributed by atoms with Crippen LogP contribution in [-0.4, -0.2) is 43.9 Å². The first-order chi connectivity index (χ1) is 12.8. The molecule has 0 spiro atoms. The Kier molecular flexibility index (Phi) is 7.12. The summed E-state index contributed by atoms with van der Waals surface area (Å²) >= 11 is 5.86. The molecule has 0 aliphatic rings. The zero-order chi connectivity index (χ0) is 20.0. The van der Waals surface area contributed by atoms with Crippen LogP contribution in [0.5, 0.6) is 0 Å². The van der Waals surface area contributed by atoms with E-state index in [0.29, 0.717) is 21.9 Å². The van der Waals surface area contributed by atoms with Gasteiger partial charge in [-0.2, -0.15) is 0 Å². The van der Waals surface area contributed by atoms with E-state index in [0.717, 1.165) is 6.26 Å². The molecule has 0 bridgehead atoms. The molecule has 2 rings (SSSR count). The lowest BCUT2D eigenvalue weighted by Crippen LogP contribution is -2.12. The van der Waals surface area contributed by atoms with Gasteiger partial charge in [-0.3, -0.25) is 0 Å². The van der Waals surface area contributed by atoms with Crippen molar-refractivity contribution in [1.82, 2.24) is 4.98 Å². The van der Waals surface area contributed by atoms with Gasteiger partial charge >= 0.3 is 5.97 Å². The van der Waals surface area contributed by atoms with E-state index in [1.54, 1.807) is 31.2 Å². The van der Waals surface area contributed by atoms with Crippen molar-refractivity contribution in [3.05, 3.63) is 64.4 Å². The third-order valence-corrected chi connectivity index (χ3v) is 5.12. The highest BCUT2D eigenvalue weighted by Crippen LogP contribution is 2.30. The number of benzene rings is 1. The number of esters is 1. The summed E-state index contributed by atoms with van der Waals surface area (Å²) in [5, 5.41) is 9.73.